The molecular formula is C23H21FN6O2. The van der Waals surface area contributed by atoms with Gasteiger partial charge >= 0.3 is 0 Å². The Morgan fingerprint density at radius 2 is 1.94 bits per heavy atom. The van der Waals surface area contributed by atoms with E-state index in [9.17, 15) is 14.0 Å². The molecular weight excluding hydrogens is 411 g/mol. The number of unbranched alkanes of at least 4 members (excludes halogenated alkanes) is 1. The molecule has 4 heterocycles. The highest BCUT2D eigenvalue weighted by Gasteiger charge is 2.47. The molecule has 2 N–H and O–H groups in total. The zero-order chi connectivity index (χ0) is 22.5. The van der Waals surface area contributed by atoms with Crippen molar-refractivity contribution in [2.24, 2.45) is 0 Å². The number of H-pyrrole nitrogens is 1. The fraction of sp³-hybridized carbons (Fsp3) is 0.261. The topological polar surface area (TPSA) is 105 Å². The molecule has 0 bridgehead atoms. The summed E-state index contributed by atoms with van der Waals surface area (Å²) in [6, 6.07) is 5.55. The van der Waals surface area contributed by atoms with Gasteiger partial charge in [0.25, 0.3) is 5.56 Å². The van der Waals surface area contributed by atoms with Gasteiger partial charge in [-0.3, -0.25) is 9.59 Å². The summed E-state index contributed by atoms with van der Waals surface area (Å²) < 4.78 is 15.3. The van der Waals surface area contributed by atoms with Crippen LogP contribution in [0.2, 0.25) is 0 Å². The average molecular weight is 432 g/mol. The molecule has 1 atom stereocenters. The van der Waals surface area contributed by atoms with E-state index in [-0.39, 0.29) is 17.2 Å². The van der Waals surface area contributed by atoms with Gasteiger partial charge in [0.2, 0.25) is 5.91 Å². The molecule has 0 fully saturated rings. The highest BCUT2D eigenvalue weighted by molar-refractivity contribution is 6.07. The normalized spacial score (nSPS) is 17.5. The second kappa shape index (κ2) is 7.37. The van der Waals surface area contributed by atoms with Crippen molar-refractivity contribution in [2.75, 3.05) is 5.32 Å². The molecule has 0 spiro atoms. The van der Waals surface area contributed by atoms with Crippen molar-refractivity contribution in [1.82, 2.24) is 24.3 Å². The van der Waals surface area contributed by atoms with Crippen LogP contribution in [0, 0.1) is 5.82 Å². The van der Waals surface area contributed by atoms with Crippen LogP contribution in [0.15, 0.2) is 47.7 Å². The Balaban J connectivity index is 1.64. The van der Waals surface area contributed by atoms with E-state index in [2.05, 4.69) is 27.2 Å². The summed E-state index contributed by atoms with van der Waals surface area (Å²) in [7, 11) is 0. The summed E-state index contributed by atoms with van der Waals surface area (Å²) in [5.74, 6) is -0.372. The number of fused-ring (bicyclic) bond motifs is 2. The summed E-state index contributed by atoms with van der Waals surface area (Å²) >= 11 is 0. The second-order valence-electron chi connectivity index (χ2n) is 8.06. The van der Waals surface area contributed by atoms with E-state index in [4.69, 9.17) is 4.98 Å². The molecule has 1 aliphatic rings. The number of nitrogens with zero attached hydrogens (tertiary/aromatic N) is 4. The Kier molecular flexibility index (Phi) is 4.61. The molecule has 162 valence electrons. The van der Waals surface area contributed by atoms with Crippen LogP contribution in [0.3, 0.4) is 0 Å². The number of aromatic amines is 1. The van der Waals surface area contributed by atoms with E-state index in [1.54, 1.807) is 19.3 Å². The first-order valence-electron chi connectivity index (χ1n) is 10.5. The molecule has 1 amide bonds. The van der Waals surface area contributed by atoms with Crippen LogP contribution in [0.4, 0.5) is 10.2 Å². The largest absolute Gasteiger partial charge is 0.309 e. The lowest BCUT2D eigenvalue weighted by Crippen LogP contribution is -2.36. The number of rotatable bonds is 5. The Morgan fingerprint density at radius 1 is 1.16 bits per heavy atom. The van der Waals surface area contributed by atoms with E-state index in [0.29, 0.717) is 11.3 Å². The van der Waals surface area contributed by atoms with Crippen molar-refractivity contribution in [2.45, 2.75) is 38.5 Å². The third-order valence-corrected chi connectivity index (χ3v) is 5.98. The molecule has 32 heavy (non-hydrogen) atoms. The van der Waals surface area contributed by atoms with Crippen LogP contribution in [0.1, 0.15) is 43.5 Å². The fourth-order valence-corrected chi connectivity index (χ4v) is 4.18. The summed E-state index contributed by atoms with van der Waals surface area (Å²) in [6.45, 7) is 3.74. The Morgan fingerprint density at radius 3 is 2.69 bits per heavy atom. The first-order valence-corrected chi connectivity index (χ1v) is 10.5. The number of aryl methyl sites for hydroxylation is 1. The predicted molar refractivity (Wildman–Crippen MR) is 117 cm³/mol. The standard InChI is InChI=1S/C23H21FN6O2/c1-3-4-5-15-20-25-10-11-30(20)12-16(26-15)18-27-19-17(21(31)28-18)23(2,22(32)29-19)13-6-8-14(24)9-7-13/h6-12H,3-5H2,1-2H3,(H2,27,28,29,31,32)/t23-/m1/s1. The van der Waals surface area contributed by atoms with Gasteiger partial charge < -0.3 is 14.7 Å². The van der Waals surface area contributed by atoms with Crippen molar-refractivity contribution >= 4 is 17.4 Å². The number of anilines is 1. The maximum Gasteiger partial charge on any atom is 0.257 e. The number of carbonyl (C=O) groups is 1. The number of amides is 1. The van der Waals surface area contributed by atoms with E-state index in [1.807, 2.05) is 10.6 Å². The van der Waals surface area contributed by atoms with Gasteiger partial charge in [0.15, 0.2) is 11.5 Å². The first kappa shape index (κ1) is 20.0. The molecule has 8 nitrogen and oxygen atoms in total. The lowest BCUT2D eigenvalue weighted by atomic mass is 9.78. The monoisotopic (exact) mass is 432 g/mol. The van der Waals surface area contributed by atoms with Gasteiger partial charge in [-0.25, -0.2) is 19.3 Å². The SMILES string of the molecule is CCCCc1nc(-c2nc3c(c(=O)[nH]2)[C@@](C)(c2ccc(F)cc2)C(=O)N3)cn2ccnc12. The first-order chi connectivity index (χ1) is 15.4. The molecule has 3 aromatic heterocycles. The van der Waals surface area contributed by atoms with Gasteiger partial charge in [0.05, 0.1) is 11.3 Å². The number of hydrogen-bond donors (Lipinski definition) is 2. The van der Waals surface area contributed by atoms with Gasteiger partial charge in [-0.2, -0.15) is 0 Å². The zero-order valence-corrected chi connectivity index (χ0v) is 17.6. The molecule has 0 radical (unpaired) electrons. The average Bonchev–Trinajstić information content (AvgIpc) is 3.35. The zero-order valence-electron chi connectivity index (χ0n) is 17.6. The Bertz CT molecular complexity index is 1410. The maximum absolute atomic E-state index is 13.4. The van der Waals surface area contributed by atoms with Crippen LogP contribution >= 0.6 is 0 Å². The number of halogens is 1. The highest BCUT2D eigenvalue weighted by Crippen LogP contribution is 2.40. The number of aromatic nitrogens is 5. The van der Waals surface area contributed by atoms with Gasteiger partial charge in [0.1, 0.15) is 22.7 Å². The minimum atomic E-state index is -1.28. The highest BCUT2D eigenvalue weighted by atomic mass is 19.1. The van der Waals surface area contributed by atoms with Gasteiger partial charge in [0, 0.05) is 18.6 Å². The number of benzene rings is 1. The molecule has 9 heteroatoms. The van der Waals surface area contributed by atoms with Crippen molar-refractivity contribution in [3.05, 3.63) is 75.8 Å². The Labute approximate surface area is 182 Å². The van der Waals surface area contributed by atoms with Crippen molar-refractivity contribution in [3.8, 4) is 11.5 Å². The molecule has 1 aliphatic heterocycles. The number of imidazole rings is 1. The smallest absolute Gasteiger partial charge is 0.257 e. The van der Waals surface area contributed by atoms with Crippen molar-refractivity contribution < 1.29 is 9.18 Å². The molecule has 5 rings (SSSR count). The molecule has 0 saturated carbocycles. The fourth-order valence-electron chi connectivity index (χ4n) is 4.18. The lowest BCUT2D eigenvalue weighted by molar-refractivity contribution is -0.119. The molecule has 1 aromatic carbocycles. The molecule has 0 saturated heterocycles. The van der Waals surface area contributed by atoms with E-state index in [1.165, 1.54) is 24.3 Å². The predicted octanol–water partition coefficient (Wildman–Crippen LogP) is 3.22. The third-order valence-electron chi connectivity index (χ3n) is 5.98. The quantitative estimate of drug-likeness (QED) is 0.504. The van der Waals surface area contributed by atoms with Gasteiger partial charge in [-0.05, 0) is 37.5 Å². The van der Waals surface area contributed by atoms with Crippen molar-refractivity contribution in [3.63, 3.8) is 0 Å². The number of carbonyl (C=O) groups excluding carboxylic acids is 1. The second-order valence-corrected chi connectivity index (χ2v) is 8.06. The Hall–Kier alpha value is -3.88. The molecule has 4 aromatic rings. The maximum atomic E-state index is 13.4. The van der Waals surface area contributed by atoms with Crippen molar-refractivity contribution in [1.29, 1.82) is 0 Å². The summed E-state index contributed by atoms with van der Waals surface area (Å²) in [4.78, 5) is 42.5. The minimum Gasteiger partial charge on any atom is -0.309 e. The third kappa shape index (κ3) is 3.00. The number of nitrogens with one attached hydrogen (secondary N) is 2. The number of hydrogen-bond acceptors (Lipinski definition) is 5. The van der Waals surface area contributed by atoms with E-state index < -0.39 is 22.7 Å². The summed E-state index contributed by atoms with van der Waals surface area (Å²) in [6.07, 6.45) is 7.98. The van der Waals surface area contributed by atoms with Crippen LogP contribution < -0.4 is 10.9 Å². The van der Waals surface area contributed by atoms with Crippen LogP contribution in [0.25, 0.3) is 17.2 Å². The lowest BCUT2D eigenvalue weighted by Gasteiger charge is -2.21. The van der Waals surface area contributed by atoms with Crippen LogP contribution in [-0.2, 0) is 16.6 Å². The molecule has 0 unspecified atom stereocenters. The summed E-state index contributed by atoms with van der Waals surface area (Å²) in [5.41, 5.74) is 1.04. The minimum absolute atomic E-state index is 0.184. The van der Waals surface area contributed by atoms with Crippen LogP contribution in [0.5, 0.6) is 0 Å². The van der Waals surface area contributed by atoms with Gasteiger partial charge in [-0.1, -0.05) is 25.5 Å². The summed E-state index contributed by atoms with van der Waals surface area (Å²) in [5, 5.41) is 2.72. The van der Waals surface area contributed by atoms with Gasteiger partial charge in [-0.15, -0.1) is 0 Å². The van der Waals surface area contributed by atoms with E-state index in [0.717, 1.165) is 30.6 Å². The molecule has 0 aliphatic carbocycles. The van der Waals surface area contributed by atoms with Crippen LogP contribution in [-0.4, -0.2) is 30.2 Å². The van der Waals surface area contributed by atoms with E-state index >= 15 is 0 Å².